The van der Waals surface area contributed by atoms with Gasteiger partial charge in [0.1, 0.15) is 0 Å². The molecule has 2 nitrogen and oxygen atoms in total. The predicted octanol–water partition coefficient (Wildman–Crippen LogP) is 2.16. The van der Waals surface area contributed by atoms with Gasteiger partial charge in [0.25, 0.3) is 0 Å². The lowest BCUT2D eigenvalue weighted by Gasteiger charge is -2.21. The van der Waals surface area contributed by atoms with E-state index in [1.165, 1.54) is 11.1 Å². The van der Waals surface area contributed by atoms with Crippen LogP contribution in [0.5, 0.6) is 0 Å². The summed E-state index contributed by atoms with van der Waals surface area (Å²) in [4.78, 5) is 2.29. The molecule has 0 spiro atoms. The molecule has 1 unspecified atom stereocenters. The fraction of sp³-hybridized carbons (Fsp3) is 0.538. The maximum absolute atomic E-state index is 5.92. The monoisotopic (exact) mass is 206 g/mol. The molecule has 0 bridgehead atoms. The van der Waals surface area contributed by atoms with Crippen molar-refractivity contribution < 1.29 is 0 Å². The second-order valence-corrected chi connectivity index (χ2v) is 4.29. The molecule has 1 rings (SSSR count). The van der Waals surface area contributed by atoms with Crippen molar-refractivity contribution in [2.24, 2.45) is 5.73 Å². The van der Waals surface area contributed by atoms with Crippen LogP contribution in [0.1, 0.15) is 24.5 Å². The van der Waals surface area contributed by atoms with E-state index < -0.39 is 0 Å². The first-order valence-corrected chi connectivity index (χ1v) is 5.62. The Hall–Kier alpha value is -0.860. The molecule has 0 saturated heterocycles. The summed E-state index contributed by atoms with van der Waals surface area (Å²) in [5.41, 5.74) is 8.67. The van der Waals surface area contributed by atoms with Crippen LogP contribution in [0.4, 0.5) is 0 Å². The van der Waals surface area contributed by atoms with E-state index in [9.17, 15) is 0 Å². The fourth-order valence-electron chi connectivity index (χ4n) is 1.67. The lowest BCUT2D eigenvalue weighted by Crippen LogP contribution is -2.34. The quantitative estimate of drug-likeness (QED) is 0.800. The summed E-state index contributed by atoms with van der Waals surface area (Å²) in [5, 5.41) is 0. The minimum absolute atomic E-state index is 0.291. The second kappa shape index (κ2) is 5.89. The van der Waals surface area contributed by atoms with E-state index in [4.69, 9.17) is 5.73 Å². The molecule has 1 atom stereocenters. The summed E-state index contributed by atoms with van der Waals surface area (Å²) >= 11 is 0. The lowest BCUT2D eigenvalue weighted by atomic mass is 10.1. The second-order valence-electron chi connectivity index (χ2n) is 4.29. The standard InChI is InChI=1S/C13H22N2/c1-4-13(14)10-15(3)9-12-8-6-5-7-11(12)2/h5-8,13H,4,9-10,14H2,1-3H3. The highest BCUT2D eigenvalue weighted by molar-refractivity contribution is 5.25. The number of rotatable bonds is 5. The van der Waals surface area contributed by atoms with Gasteiger partial charge in [-0.1, -0.05) is 31.2 Å². The third kappa shape index (κ3) is 4.02. The molecule has 0 aliphatic carbocycles. The molecule has 0 amide bonds. The normalized spacial score (nSPS) is 13.1. The van der Waals surface area contributed by atoms with Crippen molar-refractivity contribution in [3.05, 3.63) is 35.4 Å². The molecule has 0 heterocycles. The molecule has 2 heteroatoms. The molecule has 0 radical (unpaired) electrons. The summed E-state index contributed by atoms with van der Waals surface area (Å²) < 4.78 is 0. The number of aryl methyl sites for hydroxylation is 1. The van der Waals surface area contributed by atoms with E-state index in [0.717, 1.165) is 19.5 Å². The van der Waals surface area contributed by atoms with E-state index in [1.807, 2.05) is 0 Å². The Morgan fingerprint density at radius 3 is 2.60 bits per heavy atom. The number of hydrogen-bond donors (Lipinski definition) is 1. The molecule has 1 aromatic rings. The van der Waals surface area contributed by atoms with E-state index in [-0.39, 0.29) is 0 Å². The fourth-order valence-corrected chi connectivity index (χ4v) is 1.67. The Morgan fingerprint density at radius 1 is 1.33 bits per heavy atom. The Kier molecular flexibility index (Phi) is 4.79. The van der Waals surface area contributed by atoms with Gasteiger partial charge in [-0.15, -0.1) is 0 Å². The molecule has 0 aromatic heterocycles. The largest absolute Gasteiger partial charge is 0.327 e. The number of likely N-dealkylation sites (N-methyl/N-ethyl adjacent to an activating group) is 1. The molecule has 84 valence electrons. The van der Waals surface area contributed by atoms with E-state index >= 15 is 0 Å². The first-order chi connectivity index (χ1) is 7.13. The predicted molar refractivity (Wildman–Crippen MR) is 65.8 cm³/mol. The van der Waals surface area contributed by atoms with Crippen molar-refractivity contribution in [3.8, 4) is 0 Å². The van der Waals surface area contributed by atoms with Gasteiger partial charge in [-0.05, 0) is 31.5 Å². The van der Waals surface area contributed by atoms with Crippen molar-refractivity contribution in [1.82, 2.24) is 4.90 Å². The third-order valence-electron chi connectivity index (χ3n) is 2.77. The van der Waals surface area contributed by atoms with Crippen molar-refractivity contribution in [3.63, 3.8) is 0 Å². The maximum atomic E-state index is 5.92. The highest BCUT2D eigenvalue weighted by Gasteiger charge is 2.06. The SMILES string of the molecule is CCC(N)CN(C)Cc1ccccc1C. The van der Waals surface area contributed by atoms with Gasteiger partial charge in [0.05, 0.1) is 0 Å². The molecule has 2 N–H and O–H groups in total. The molecular weight excluding hydrogens is 184 g/mol. The molecule has 0 aliphatic rings. The zero-order chi connectivity index (χ0) is 11.3. The Labute approximate surface area is 93.1 Å². The van der Waals surface area contributed by atoms with Gasteiger partial charge in [-0.3, -0.25) is 0 Å². The topological polar surface area (TPSA) is 29.3 Å². The molecule has 0 saturated carbocycles. The van der Waals surface area contributed by atoms with Gasteiger partial charge in [0.15, 0.2) is 0 Å². The van der Waals surface area contributed by atoms with Gasteiger partial charge < -0.3 is 10.6 Å². The third-order valence-corrected chi connectivity index (χ3v) is 2.77. The van der Waals surface area contributed by atoms with Gasteiger partial charge in [0, 0.05) is 19.1 Å². The molecule has 0 aliphatic heterocycles. The van der Waals surface area contributed by atoms with E-state index in [0.29, 0.717) is 6.04 Å². The molecular formula is C13H22N2. The summed E-state index contributed by atoms with van der Waals surface area (Å²) in [6, 6.07) is 8.80. The van der Waals surface area contributed by atoms with Crippen LogP contribution in [-0.2, 0) is 6.54 Å². The zero-order valence-corrected chi connectivity index (χ0v) is 10.0. The van der Waals surface area contributed by atoms with E-state index in [1.54, 1.807) is 0 Å². The van der Waals surface area contributed by atoms with E-state index in [2.05, 4.69) is 50.1 Å². The Bertz CT molecular complexity index is 296. The van der Waals surface area contributed by atoms with Gasteiger partial charge >= 0.3 is 0 Å². The average molecular weight is 206 g/mol. The van der Waals surface area contributed by atoms with Crippen molar-refractivity contribution in [2.45, 2.75) is 32.9 Å². The summed E-state index contributed by atoms with van der Waals surface area (Å²) in [5.74, 6) is 0. The smallest absolute Gasteiger partial charge is 0.0233 e. The highest BCUT2D eigenvalue weighted by Crippen LogP contribution is 2.09. The van der Waals surface area contributed by atoms with Crippen LogP contribution in [0.3, 0.4) is 0 Å². The number of nitrogens with two attached hydrogens (primary N) is 1. The first kappa shape index (κ1) is 12.2. The summed E-state index contributed by atoms with van der Waals surface area (Å²) in [6.07, 6.45) is 1.04. The van der Waals surface area contributed by atoms with Gasteiger partial charge in [-0.2, -0.15) is 0 Å². The van der Waals surface area contributed by atoms with Crippen LogP contribution in [-0.4, -0.2) is 24.5 Å². The van der Waals surface area contributed by atoms with Crippen molar-refractivity contribution >= 4 is 0 Å². The zero-order valence-electron chi connectivity index (χ0n) is 10.0. The number of benzene rings is 1. The van der Waals surface area contributed by atoms with Crippen molar-refractivity contribution in [2.75, 3.05) is 13.6 Å². The molecule has 0 fully saturated rings. The first-order valence-electron chi connectivity index (χ1n) is 5.62. The maximum Gasteiger partial charge on any atom is 0.0233 e. The van der Waals surface area contributed by atoms with Crippen LogP contribution in [0.2, 0.25) is 0 Å². The Balaban J connectivity index is 2.51. The van der Waals surface area contributed by atoms with Crippen LogP contribution in [0.25, 0.3) is 0 Å². The summed E-state index contributed by atoms with van der Waals surface area (Å²) in [7, 11) is 2.13. The molecule has 15 heavy (non-hydrogen) atoms. The van der Waals surface area contributed by atoms with Crippen LogP contribution < -0.4 is 5.73 Å². The van der Waals surface area contributed by atoms with Crippen LogP contribution in [0.15, 0.2) is 24.3 Å². The Morgan fingerprint density at radius 2 is 2.00 bits per heavy atom. The van der Waals surface area contributed by atoms with Crippen LogP contribution in [0, 0.1) is 6.92 Å². The summed E-state index contributed by atoms with van der Waals surface area (Å²) in [6.45, 7) is 6.24. The van der Waals surface area contributed by atoms with Gasteiger partial charge in [-0.25, -0.2) is 0 Å². The minimum Gasteiger partial charge on any atom is -0.327 e. The minimum atomic E-state index is 0.291. The van der Waals surface area contributed by atoms with Crippen molar-refractivity contribution in [1.29, 1.82) is 0 Å². The number of nitrogens with zero attached hydrogens (tertiary/aromatic N) is 1. The average Bonchev–Trinajstić information content (AvgIpc) is 2.21. The van der Waals surface area contributed by atoms with Gasteiger partial charge in [0.2, 0.25) is 0 Å². The number of hydrogen-bond acceptors (Lipinski definition) is 2. The lowest BCUT2D eigenvalue weighted by molar-refractivity contribution is 0.300. The van der Waals surface area contributed by atoms with Crippen LogP contribution >= 0.6 is 0 Å². The highest BCUT2D eigenvalue weighted by atomic mass is 15.1. The molecule has 1 aromatic carbocycles.